The number of halogens is 2. The molecule has 5 heteroatoms. The minimum atomic E-state index is 0.381. The van der Waals surface area contributed by atoms with E-state index < -0.39 is 0 Å². The number of piperidine rings is 1. The fourth-order valence-corrected chi connectivity index (χ4v) is 4.14. The molecule has 0 bridgehead atoms. The Labute approximate surface area is 136 Å². The number of benzene rings is 1. The summed E-state index contributed by atoms with van der Waals surface area (Å²) >= 11 is 14.0. The average molecular weight is 333 g/mol. The van der Waals surface area contributed by atoms with Crippen molar-refractivity contribution in [1.29, 1.82) is 0 Å². The summed E-state index contributed by atoms with van der Waals surface area (Å²) in [6, 6.07) is 6.01. The third-order valence-electron chi connectivity index (χ3n) is 3.96. The van der Waals surface area contributed by atoms with Gasteiger partial charge < -0.3 is 10.6 Å². The zero-order chi connectivity index (χ0) is 14.5. The van der Waals surface area contributed by atoms with Gasteiger partial charge in [-0.3, -0.25) is 0 Å². The number of hydrogen-bond acceptors (Lipinski definition) is 3. The van der Waals surface area contributed by atoms with E-state index >= 15 is 0 Å². The van der Waals surface area contributed by atoms with Gasteiger partial charge in [0.2, 0.25) is 0 Å². The van der Waals surface area contributed by atoms with E-state index in [9.17, 15) is 0 Å². The molecule has 2 unspecified atom stereocenters. The standard InChI is InChI=1S/C15H22Cl2N2S/c1-2-11-10-19(6-5-14(11)18)7-8-20-15-9-12(16)3-4-13(15)17/h3-4,9,11,14H,2,5-8,10,18H2,1H3. The molecule has 112 valence electrons. The molecular weight excluding hydrogens is 311 g/mol. The van der Waals surface area contributed by atoms with Crippen LogP contribution in [0.4, 0.5) is 0 Å². The van der Waals surface area contributed by atoms with Gasteiger partial charge >= 0.3 is 0 Å². The second-order valence-corrected chi connectivity index (χ2v) is 7.33. The highest BCUT2D eigenvalue weighted by atomic mass is 35.5. The molecule has 2 rings (SSSR count). The van der Waals surface area contributed by atoms with Gasteiger partial charge in [-0.1, -0.05) is 36.5 Å². The highest BCUT2D eigenvalue weighted by Gasteiger charge is 2.24. The van der Waals surface area contributed by atoms with E-state index in [-0.39, 0.29) is 0 Å². The van der Waals surface area contributed by atoms with Crippen LogP contribution in [0.25, 0.3) is 0 Å². The zero-order valence-corrected chi connectivity index (χ0v) is 14.1. The molecule has 1 aromatic carbocycles. The summed E-state index contributed by atoms with van der Waals surface area (Å²) in [6.07, 6.45) is 2.28. The summed E-state index contributed by atoms with van der Waals surface area (Å²) in [5, 5.41) is 1.53. The van der Waals surface area contributed by atoms with Gasteiger partial charge in [0.15, 0.2) is 0 Å². The van der Waals surface area contributed by atoms with E-state index in [4.69, 9.17) is 28.9 Å². The number of likely N-dealkylation sites (tertiary alicyclic amines) is 1. The second kappa shape index (κ2) is 7.90. The van der Waals surface area contributed by atoms with Crippen LogP contribution in [0.15, 0.2) is 23.1 Å². The third kappa shape index (κ3) is 4.54. The molecule has 0 amide bonds. The minimum Gasteiger partial charge on any atom is -0.327 e. The van der Waals surface area contributed by atoms with Gasteiger partial charge in [0.05, 0.1) is 5.02 Å². The van der Waals surface area contributed by atoms with E-state index in [2.05, 4.69) is 11.8 Å². The monoisotopic (exact) mass is 332 g/mol. The maximum Gasteiger partial charge on any atom is 0.0542 e. The van der Waals surface area contributed by atoms with Crippen LogP contribution in [0.3, 0.4) is 0 Å². The molecule has 2 nitrogen and oxygen atoms in total. The lowest BCUT2D eigenvalue weighted by atomic mass is 9.91. The predicted molar refractivity (Wildman–Crippen MR) is 90.0 cm³/mol. The first kappa shape index (κ1) is 16.4. The molecule has 1 aromatic rings. The average Bonchev–Trinajstić information content (AvgIpc) is 2.44. The third-order valence-corrected chi connectivity index (χ3v) is 5.67. The fourth-order valence-electron chi connectivity index (χ4n) is 2.63. The lowest BCUT2D eigenvalue weighted by Gasteiger charge is -2.36. The zero-order valence-electron chi connectivity index (χ0n) is 11.8. The van der Waals surface area contributed by atoms with Gasteiger partial charge in [-0.15, -0.1) is 11.8 Å². The number of rotatable bonds is 5. The summed E-state index contributed by atoms with van der Waals surface area (Å²) < 4.78 is 0. The molecule has 0 saturated carbocycles. The van der Waals surface area contributed by atoms with Crippen molar-refractivity contribution < 1.29 is 0 Å². The quantitative estimate of drug-likeness (QED) is 0.821. The molecule has 0 aliphatic carbocycles. The van der Waals surface area contributed by atoms with Gasteiger partial charge in [-0.25, -0.2) is 0 Å². The van der Waals surface area contributed by atoms with Gasteiger partial charge in [-0.2, -0.15) is 0 Å². The first-order chi connectivity index (χ1) is 9.60. The topological polar surface area (TPSA) is 29.3 Å². The second-order valence-electron chi connectivity index (χ2n) is 5.34. The number of nitrogens with two attached hydrogens (primary N) is 1. The van der Waals surface area contributed by atoms with Crippen LogP contribution >= 0.6 is 35.0 Å². The van der Waals surface area contributed by atoms with Crippen LogP contribution < -0.4 is 5.73 Å². The van der Waals surface area contributed by atoms with Crippen molar-refractivity contribution in [3.8, 4) is 0 Å². The van der Waals surface area contributed by atoms with Gasteiger partial charge in [0.1, 0.15) is 0 Å². The Morgan fingerprint density at radius 2 is 2.20 bits per heavy atom. The first-order valence-electron chi connectivity index (χ1n) is 7.16. The first-order valence-corrected chi connectivity index (χ1v) is 8.90. The van der Waals surface area contributed by atoms with Crippen molar-refractivity contribution in [2.75, 3.05) is 25.4 Å². The molecule has 2 N–H and O–H groups in total. The van der Waals surface area contributed by atoms with Crippen molar-refractivity contribution in [2.45, 2.75) is 30.7 Å². The van der Waals surface area contributed by atoms with Gasteiger partial charge in [-0.05, 0) is 37.1 Å². The molecule has 0 aromatic heterocycles. The highest BCUT2D eigenvalue weighted by Crippen LogP contribution is 2.30. The smallest absolute Gasteiger partial charge is 0.0542 e. The molecular formula is C15H22Cl2N2S. The van der Waals surface area contributed by atoms with Crippen LogP contribution in [0.2, 0.25) is 10.0 Å². The van der Waals surface area contributed by atoms with Crippen molar-refractivity contribution in [1.82, 2.24) is 4.90 Å². The summed E-state index contributed by atoms with van der Waals surface area (Å²) in [5.74, 6) is 1.68. The minimum absolute atomic E-state index is 0.381. The van der Waals surface area contributed by atoms with Gasteiger partial charge in [0, 0.05) is 34.8 Å². The van der Waals surface area contributed by atoms with Gasteiger partial charge in [0.25, 0.3) is 0 Å². The van der Waals surface area contributed by atoms with E-state index in [1.165, 1.54) is 6.42 Å². The Morgan fingerprint density at radius 3 is 2.95 bits per heavy atom. The molecule has 0 spiro atoms. The SMILES string of the molecule is CCC1CN(CCSc2cc(Cl)ccc2Cl)CCC1N. The lowest BCUT2D eigenvalue weighted by molar-refractivity contribution is 0.160. The Morgan fingerprint density at radius 1 is 1.40 bits per heavy atom. The Kier molecular flexibility index (Phi) is 6.50. The normalized spacial score (nSPS) is 24.0. The molecule has 1 saturated heterocycles. The predicted octanol–water partition coefficient (Wildman–Crippen LogP) is 4.14. The number of nitrogens with zero attached hydrogens (tertiary/aromatic N) is 1. The van der Waals surface area contributed by atoms with Crippen molar-refractivity contribution >= 4 is 35.0 Å². The molecule has 1 aliphatic rings. The number of hydrogen-bond donors (Lipinski definition) is 1. The van der Waals surface area contributed by atoms with Crippen molar-refractivity contribution in [2.24, 2.45) is 11.7 Å². The van der Waals surface area contributed by atoms with Crippen molar-refractivity contribution in [3.05, 3.63) is 28.2 Å². The van der Waals surface area contributed by atoms with Crippen molar-refractivity contribution in [3.63, 3.8) is 0 Å². The maximum atomic E-state index is 6.17. The molecule has 0 radical (unpaired) electrons. The molecule has 1 aliphatic heterocycles. The summed E-state index contributed by atoms with van der Waals surface area (Å²) in [5.41, 5.74) is 6.14. The van der Waals surface area contributed by atoms with E-state index in [1.807, 2.05) is 18.2 Å². The lowest BCUT2D eigenvalue weighted by Crippen LogP contribution is -2.47. The van der Waals surface area contributed by atoms with Crippen LogP contribution in [0, 0.1) is 5.92 Å². The fraction of sp³-hybridized carbons (Fsp3) is 0.600. The summed E-state index contributed by atoms with van der Waals surface area (Å²) in [6.45, 7) is 5.55. The molecule has 1 fully saturated rings. The number of thioether (sulfide) groups is 1. The molecule has 2 atom stereocenters. The summed E-state index contributed by atoms with van der Waals surface area (Å²) in [7, 11) is 0. The van der Waals surface area contributed by atoms with Crippen LogP contribution in [0.5, 0.6) is 0 Å². The maximum absolute atomic E-state index is 6.17. The molecule has 1 heterocycles. The largest absolute Gasteiger partial charge is 0.327 e. The van der Waals surface area contributed by atoms with E-state index in [0.717, 1.165) is 46.7 Å². The van der Waals surface area contributed by atoms with Crippen LogP contribution in [-0.4, -0.2) is 36.3 Å². The van der Waals surface area contributed by atoms with E-state index in [0.29, 0.717) is 12.0 Å². The van der Waals surface area contributed by atoms with E-state index in [1.54, 1.807) is 11.8 Å². The highest BCUT2D eigenvalue weighted by molar-refractivity contribution is 7.99. The Balaban J connectivity index is 1.80. The Hall–Kier alpha value is 0.0700. The van der Waals surface area contributed by atoms with Crippen LogP contribution in [-0.2, 0) is 0 Å². The molecule has 20 heavy (non-hydrogen) atoms. The summed E-state index contributed by atoms with van der Waals surface area (Å²) in [4.78, 5) is 3.59. The Bertz CT molecular complexity index is 442. The van der Waals surface area contributed by atoms with Crippen LogP contribution in [0.1, 0.15) is 19.8 Å².